The number of para-hydroxylation sites is 1. The van der Waals surface area contributed by atoms with Crippen molar-refractivity contribution in [1.82, 2.24) is 14.5 Å². The first-order chi connectivity index (χ1) is 17.9. The van der Waals surface area contributed by atoms with Gasteiger partial charge in [0.15, 0.2) is 0 Å². The van der Waals surface area contributed by atoms with Crippen molar-refractivity contribution in [1.29, 1.82) is 0 Å². The van der Waals surface area contributed by atoms with Gasteiger partial charge in [-0.2, -0.15) is 0 Å². The Morgan fingerprint density at radius 3 is 2.38 bits per heavy atom. The molecule has 7 nitrogen and oxygen atoms in total. The lowest BCUT2D eigenvalue weighted by Crippen LogP contribution is -2.49. The van der Waals surface area contributed by atoms with Crippen molar-refractivity contribution < 1.29 is 9.84 Å². The molecule has 4 aromatic rings. The molecule has 37 heavy (non-hydrogen) atoms. The number of β-amino-alcohol motifs (C(OH)–C–C–N with tert-alkyl or cyclic N) is 1. The number of fused-ring (bicyclic) bond motifs is 1. The average molecular weight is 628 g/mol. The third-order valence-corrected chi connectivity index (χ3v) is 7.62. The van der Waals surface area contributed by atoms with Gasteiger partial charge in [-0.15, -0.1) is 0 Å². The highest BCUT2D eigenvalue weighted by atomic mass is 79.9. The Labute approximate surface area is 232 Å². The topological polar surface area (TPSA) is 70.8 Å². The predicted molar refractivity (Wildman–Crippen MR) is 154 cm³/mol. The van der Waals surface area contributed by atoms with Gasteiger partial charge >= 0.3 is 0 Å². The van der Waals surface area contributed by atoms with Gasteiger partial charge in [0, 0.05) is 47.4 Å². The molecule has 1 fully saturated rings. The van der Waals surface area contributed by atoms with Crippen LogP contribution in [0.3, 0.4) is 0 Å². The van der Waals surface area contributed by atoms with E-state index in [1.54, 1.807) is 10.6 Å². The summed E-state index contributed by atoms with van der Waals surface area (Å²) >= 11 is 6.95. The SMILES string of the molecule is Cc1nc2c(Br)cc(Br)cc2c(=O)n1-c1ccc(OCC(O)CN2CCN(c3ccccc3)CC2)cc1. The smallest absolute Gasteiger partial charge is 0.266 e. The van der Waals surface area contributed by atoms with Crippen molar-refractivity contribution in [3.05, 3.63) is 91.9 Å². The Morgan fingerprint density at radius 2 is 1.68 bits per heavy atom. The largest absolute Gasteiger partial charge is 0.491 e. The van der Waals surface area contributed by atoms with Crippen LogP contribution in [-0.2, 0) is 0 Å². The molecule has 2 heterocycles. The fraction of sp³-hybridized carbons (Fsp3) is 0.286. The highest BCUT2D eigenvalue weighted by Gasteiger charge is 2.20. The summed E-state index contributed by atoms with van der Waals surface area (Å²) < 4.78 is 9.02. The summed E-state index contributed by atoms with van der Waals surface area (Å²) in [6.07, 6.45) is -0.589. The third kappa shape index (κ3) is 5.90. The highest BCUT2D eigenvalue weighted by molar-refractivity contribution is 9.11. The number of aryl methyl sites for hydroxylation is 1. The molecule has 5 rings (SSSR count). The molecular weight excluding hydrogens is 600 g/mol. The normalized spacial score (nSPS) is 15.2. The molecule has 1 atom stereocenters. The van der Waals surface area contributed by atoms with E-state index < -0.39 is 6.10 Å². The lowest BCUT2D eigenvalue weighted by Gasteiger charge is -2.36. The summed E-state index contributed by atoms with van der Waals surface area (Å²) in [5.74, 6) is 1.23. The zero-order valence-corrected chi connectivity index (χ0v) is 23.7. The standard InChI is InChI=1S/C28H28Br2N4O3/c1-19-31-27-25(15-20(29)16-26(27)30)28(36)34(19)22-7-9-24(10-8-22)37-18-23(35)17-32-11-13-33(14-12-32)21-5-3-2-4-6-21/h2-10,15-16,23,35H,11-14,17-18H2,1H3. The summed E-state index contributed by atoms with van der Waals surface area (Å²) in [5, 5.41) is 11.1. The molecule has 0 spiro atoms. The number of benzene rings is 3. The zero-order chi connectivity index (χ0) is 25.9. The summed E-state index contributed by atoms with van der Waals surface area (Å²) in [4.78, 5) is 22.5. The van der Waals surface area contributed by atoms with Gasteiger partial charge in [0.05, 0.1) is 16.6 Å². The number of rotatable bonds is 7. The number of ether oxygens (including phenoxy) is 1. The first kappa shape index (κ1) is 25.9. The van der Waals surface area contributed by atoms with Crippen LogP contribution < -0.4 is 15.2 Å². The Hall–Kier alpha value is -2.72. The number of nitrogens with zero attached hydrogens (tertiary/aromatic N) is 4. The van der Waals surface area contributed by atoms with Crippen LogP contribution in [0.1, 0.15) is 5.82 Å². The van der Waals surface area contributed by atoms with E-state index >= 15 is 0 Å². The Bertz CT molecular complexity index is 1440. The van der Waals surface area contributed by atoms with Gasteiger partial charge in [0.25, 0.3) is 5.56 Å². The molecule has 1 aliphatic heterocycles. The Morgan fingerprint density at radius 1 is 0.973 bits per heavy atom. The van der Waals surface area contributed by atoms with Crippen molar-refractivity contribution in [2.75, 3.05) is 44.2 Å². The monoisotopic (exact) mass is 626 g/mol. The number of anilines is 1. The van der Waals surface area contributed by atoms with Gasteiger partial charge in [-0.3, -0.25) is 14.3 Å². The molecular formula is C28H28Br2N4O3. The molecule has 192 valence electrons. The van der Waals surface area contributed by atoms with Crippen LogP contribution in [0.25, 0.3) is 16.6 Å². The minimum atomic E-state index is -0.589. The number of hydrogen-bond donors (Lipinski definition) is 1. The Kier molecular flexibility index (Phi) is 7.95. The Balaban J connectivity index is 1.18. The van der Waals surface area contributed by atoms with E-state index in [0.717, 1.165) is 35.1 Å². The second kappa shape index (κ2) is 11.3. The number of aromatic nitrogens is 2. The maximum atomic E-state index is 13.3. The first-order valence-corrected chi connectivity index (χ1v) is 13.8. The van der Waals surface area contributed by atoms with Crippen LogP contribution in [0.4, 0.5) is 5.69 Å². The lowest BCUT2D eigenvalue weighted by molar-refractivity contribution is 0.0663. The molecule has 1 N–H and O–H groups in total. The molecule has 1 aromatic heterocycles. The third-order valence-electron chi connectivity index (χ3n) is 6.56. The van der Waals surface area contributed by atoms with Gasteiger partial charge in [0.2, 0.25) is 0 Å². The molecule has 0 bridgehead atoms. The number of piperazine rings is 1. The van der Waals surface area contributed by atoms with E-state index in [1.165, 1.54) is 5.69 Å². The summed E-state index contributed by atoms with van der Waals surface area (Å²) in [6.45, 7) is 6.28. The molecule has 9 heteroatoms. The second-order valence-electron chi connectivity index (χ2n) is 9.17. The van der Waals surface area contributed by atoms with Crippen molar-refractivity contribution in [2.24, 2.45) is 0 Å². The van der Waals surface area contributed by atoms with Crippen molar-refractivity contribution in [3.8, 4) is 11.4 Å². The predicted octanol–water partition coefficient (Wildman–Crippen LogP) is 4.78. The molecule has 1 unspecified atom stereocenters. The van der Waals surface area contributed by atoms with E-state index in [9.17, 15) is 9.90 Å². The zero-order valence-electron chi connectivity index (χ0n) is 20.5. The minimum Gasteiger partial charge on any atom is -0.491 e. The molecule has 0 saturated carbocycles. The van der Waals surface area contributed by atoms with Crippen LogP contribution in [0.5, 0.6) is 5.75 Å². The van der Waals surface area contributed by atoms with Gasteiger partial charge < -0.3 is 14.7 Å². The molecule has 1 saturated heterocycles. The average Bonchev–Trinajstić information content (AvgIpc) is 2.90. The van der Waals surface area contributed by atoms with Crippen LogP contribution in [0.2, 0.25) is 0 Å². The lowest BCUT2D eigenvalue weighted by atomic mass is 10.2. The van der Waals surface area contributed by atoms with Crippen LogP contribution in [0.15, 0.2) is 80.5 Å². The molecule has 0 radical (unpaired) electrons. The summed E-state index contributed by atoms with van der Waals surface area (Å²) in [7, 11) is 0. The second-order valence-corrected chi connectivity index (χ2v) is 10.9. The quantitative estimate of drug-likeness (QED) is 0.318. The van der Waals surface area contributed by atoms with E-state index in [-0.39, 0.29) is 12.2 Å². The molecule has 3 aromatic carbocycles. The van der Waals surface area contributed by atoms with Crippen molar-refractivity contribution in [3.63, 3.8) is 0 Å². The number of aliphatic hydroxyl groups is 1. The van der Waals surface area contributed by atoms with Gasteiger partial charge in [-0.05, 0) is 71.4 Å². The van der Waals surface area contributed by atoms with Crippen LogP contribution >= 0.6 is 31.9 Å². The van der Waals surface area contributed by atoms with Crippen molar-refractivity contribution in [2.45, 2.75) is 13.0 Å². The van der Waals surface area contributed by atoms with Crippen LogP contribution in [-0.4, -0.2) is 65.0 Å². The minimum absolute atomic E-state index is 0.138. The molecule has 0 aliphatic carbocycles. The van der Waals surface area contributed by atoms with E-state index in [2.05, 4.69) is 70.9 Å². The van der Waals surface area contributed by atoms with Crippen LogP contribution in [0, 0.1) is 6.92 Å². The van der Waals surface area contributed by atoms with Gasteiger partial charge in [-0.1, -0.05) is 34.1 Å². The number of hydrogen-bond acceptors (Lipinski definition) is 6. The maximum Gasteiger partial charge on any atom is 0.266 e. The number of halogens is 2. The van der Waals surface area contributed by atoms with Gasteiger partial charge in [0.1, 0.15) is 24.3 Å². The molecule has 0 amide bonds. The van der Waals surface area contributed by atoms with E-state index in [4.69, 9.17) is 4.74 Å². The van der Waals surface area contributed by atoms with E-state index in [1.807, 2.05) is 43.3 Å². The summed E-state index contributed by atoms with van der Waals surface area (Å²) in [6, 6.07) is 21.4. The van der Waals surface area contributed by atoms with Gasteiger partial charge in [-0.25, -0.2) is 4.98 Å². The molecule has 1 aliphatic rings. The fourth-order valence-corrected chi connectivity index (χ4v) is 6.00. The maximum absolute atomic E-state index is 13.3. The van der Waals surface area contributed by atoms with Crippen molar-refractivity contribution >= 4 is 48.5 Å². The van der Waals surface area contributed by atoms with E-state index in [0.29, 0.717) is 34.7 Å². The summed E-state index contributed by atoms with van der Waals surface area (Å²) in [5.41, 5.74) is 2.45. The first-order valence-electron chi connectivity index (χ1n) is 12.2. The number of aliphatic hydroxyl groups excluding tert-OH is 1. The highest BCUT2D eigenvalue weighted by Crippen LogP contribution is 2.26. The fourth-order valence-electron chi connectivity index (χ4n) is 4.69.